The van der Waals surface area contributed by atoms with Crippen molar-refractivity contribution in [2.24, 2.45) is 0 Å². The Kier molecular flexibility index (Phi) is 4.55. The first-order valence-corrected chi connectivity index (χ1v) is 9.17. The van der Waals surface area contributed by atoms with Gasteiger partial charge >= 0.3 is 6.03 Å². The molecule has 1 aromatic carbocycles. The number of nitrogens with zero attached hydrogens (tertiary/aromatic N) is 1. The number of carbonyl (C=O) groups excluding carboxylic acids is 1. The highest BCUT2D eigenvalue weighted by Gasteiger charge is 2.12. The number of carbonyl (C=O) groups is 1. The molecule has 0 atom stereocenters. The molecule has 4 rings (SSSR count). The highest BCUT2D eigenvalue weighted by atomic mass is 16.2. The zero-order chi connectivity index (χ0) is 17.1. The lowest BCUT2D eigenvalue weighted by molar-refractivity contribution is 0.252. The molecule has 5 heteroatoms. The van der Waals surface area contributed by atoms with Crippen molar-refractivity contribution >= 4 is 17.5 Å². The van der Waals surface area contributed by atoms with E-state index in [2.05, 4.69) is 45.2 Å². The van der Waals surface area contributed by atoms with Gasteiger partial charge in [0.1, 0.15) is 5.82 Å². The number of rotatable bonds is 4. The number of nitrogens with one attached hydrogen (secondary N) is 3. The quantitative estimate of drug-likeness (QED) is 0.803. The first-order valence-electron chi connectivity index (χ1n) is 9.17. The van der Waals surface area contributed by atoms with E-state index in [1.807, 2.05) is 6.07 Å². The van der Waals surface area contributed by atoms with Gasteiger partial charge in [0, 0.05) is 30.9 Å². The van der Waals surface area contributed by atoms with E-state index in [-0.39, 0.29) is 6.03 Å². The predicted octanol–water partition coefficient (Wildman–Crippen LogP) is 3.29. The van der Waals surface area contributed by atoms with Crippen LogP contribution in [0.5, 0.6) is 0 Å². The smallest absolute Gasteiger partial charge is 0.319 e. The number of urea groups is 1. The van der Waals surface area contributed by atoms with E-state index in [4.69, 9.17) is 0 Å². The third-order valence-electron chi connectivity index (χ3n) is 4.97. The summed E-state index contributed by atoms with van der Waals surface area (Å²) in [5, 5.41) is 9.19. The summed E-state index contributed by atoms with van der Waals surface area (Å²) in [6.45, 7) is 1.56. The molecule has 1 aromatic heterocycles. The SMILES string of the molecule is O=C(NCCc1ccc2c(n1)NCCC2)Nc1ccc2c(c1)CCC2. The van der Waals surface area contributed by atoms with Crippen molar-refractivity contribution in [3.63, 3.8) is 0 Å². The second kappa shape index (κ2) is 7.13. The van der Waals surface area contributed by atoms with Crippen molar-refractivity contribution in [1.29, 1.82) is 0 Å². The van der Waals surface area contributed by atoms with Crippen molar-refractivity contribution < 1.29 is 4.79 Å². The average Bonchev–Trinajstić information content (AvgIpc) is 3.09. The minimum absolute atomic E-state index is 0.158. The van der Waals surface area contributed by atoms with Crippen LogP contribution in [0.15, 0.2) is 30.3 Å². The number of benzene rings is 1. The maximum atomic E-state index is 12.1. The van der Waals surface area contributed by atoms with Gasteiger partial charge in [-0.1, -0.05) is 12.1 Å². The van der Waals surface area contributed by atoms with E-state index in [0.29, 0.717) is 6.54 Å². The molecule has 0 spiro atoms. The van der Waals surface area contributed by atoms with Crippen LogP contribution in [0.2, 0.25) is 0 Å². The second-order valence-electron chi connectivity index (χ2n) is 6.81. The summed E-state index contributed by atoms with van der Waals surface area (Å²) in [7, 11) is 0. The Balaban J connectivity index is 1.27. The number of hydrogen-bond donors (Lipinski definition) is 3. The molecule has 2 aromatic rings. The topological polar surface area (TPSA) is 66.0 Å². The summed E-state index contributed by atoms with van der Waals surface area (Å²) in [5.41, 5.74) is 5.94. The molecule has 2 heterocycles. The summed E-state index contributed by atoms with van der Waals surface area (Å²) in [6.07, 6.45) is 6.48. The van der Waals surface area contributed by atoms with Crippen molar-refractivity contribution in [2.75, 3.05) is 23.7 Å². The van der Waals surface area contributed by atoms with Gasteiger partial charge in [-0.3, -0.25) is 0 Å². The standard InChI is InChI=1S/C20H24N4O/c25-20(24-18-9-6-14-3-1-4-16(14)13-18)22-12-10-17-8-7-15-5-2-11-21-19(15)23-17/h6-9,13H,1-5,10-12H2,(H,21,23)(H2,22,24,25). The second-order valence-corrected chi connectivity index (χ2v) is 6.81. The van der Waals surface area contributed by atoms with Crippen LogP contribution in [0, 0.1) is 0 Å². The van der Waals surface area contributed by atoms with E-state index in [1.165, 1.54) is 29.5 Å². The first kappa shape index (κ1) is 15.9. The lowest BCUT2D eigenvalue weighted by Gasteiger charge is -2.17. The summed E-state index contributed by atoms with van der Waals surface area (Å²) in [6, 6.07) is 10.3. The Morgan fingerprint density at radius 2 is 1.88 bits per heavy atom. The highest BCUT2D eigenvalue weighted by molar-refractivity contribution is 5.89. The van der Waals surface area contributed by atoms with Gasteiger partial charge in [-0.2, -0.15) is 0 Å². The molecule has 2 aliphatic rings. The van der Waals surface area contributed by atoms with Crippen LogP contribution >= 0.6 is 0 Å². The van der Waals surface area contributed by atoms with E-state index < -0.39 is 0 Å². The fourth-order valence-corrected chi connectivity index (χ4v) is 3.64. The summed E-state index contributed by atoms with van der Waals surface area (Å²) < 4.78 is 0. The molecule has 0 fully saturated rings. The largest absolute Gasteiger partial charge is 0.370 e. The van der Waals surface area contributed by atoms with Crippen LogP contribution in [0.25, 0.3) is 0 Å². The minimum Gasteiger partial charge on any atom is -0.370 e. The number of aromatic nitrogens is 1. The van der Waals surface area contributed by atoms with Gasteiger partial charge in [0.15, 0.2) is 0 Å². The molecule has 1 aliphatic heterocycles. The average molecular weight is 336 g/mol. The molecular formula is C20H24N4O. The third kappa shape index (κ3) is 3.76. The van der Waals surface area contributed by atoms with Gasteiger partial charge in [-0.25, -0.2) is 9.78 Å². The predicted molar refractivity (Wildman–Crippen MR) is 100 cm³/mol. The summed E-state index contributed by atoms with van der Waals surface area (Å²) in [4.78, 5) is 16.7. The monoisotopic (exact) mass is 336 g/mol. The normalized spacial score (nSPS) is 15.0. The molecule has 0 radical (unpaired) electrons. The maximum Gasteiger partial charge on any atom is 0.319 e. The molecule has 25 heavy (non-hydrogen) atoms. The number of aryl methyl sites for hydroxylation is 3. The van der Waals surface area contributed by atoms with Crippen LogP contribution in [-0.2, 0) is 25.7 Å². The van der Waals surface area contributed by atoms with E-state index in [0.717, 1.165) is 49.4 Å². The molecule has 0 saturated carbocycles. The van der Waals surface area contributed by atoms with Crippen LogP contribution in [-0.4, -0.2) is 24.1 Å². The molecule has 0 unspecified atom stereocenters. The number of fused-ring (bicyclic) bond motifs is 2. The Hall–Kier alpha value is -2.56. The zero-order valence-electron chi connectivity index (χ0n) is 14.4. The molecule has 0 bridgehead atoms. The molecule has 2 amide bonds. The zero-order valence-corrected chi connectivity index (χ0v) is 14.4. The molecule has 1 aliphatic carbocycles. The van der Waals surface area contributed by atoms with Gasteiger partial charge in [0.25, 0.3) is 0 Å². The summed E-state index contributed by atoms with van der Waals surface area (Å²) >= 11 is 0. The van der Waals surface area contributed by atoms with Gasteiger partial charge in [-0.15, -0.1) is 0 Å². The molecule has 3 N–H and O–H groups in total. The number of hydrogen-bond acceptors (Lipinski definition) is 3. The number of amides is 2. The van der Waals surface area contributed by atoms with Crippen LogP contribution in [0.3, 0.4) is 0 Å². The minimum atomic E-state index is -0.158. The maximum absolute atomic E-state index is 12.1. The van der Waals surface area contributed by atoms with Crippen LogP contribution in [0.4, 0.5) is 16.3 Å². The van der Waals surface area contributed by atoms with Crippen molar-refractivity contribution in [1.82, 2.24) is 10.3 Å². The Morgan fingerprint density at radius 1 is 1.04 bits per heavy atom. The lowest BCUT2D eigenvalue weighted by Crippen LogP contribution is -2.30. The Morgan fingerprint density at radius 3 is 2.84 bits per heavy atom. The van der Waals surface area contributed by atoms with Crippen molar-refractivity contribution in [2.45, 2.75) is 38.5 Å². The molecule has 130 valence electrons. The fraction of sp³-hybridized carbons (Fsp3) is 0.400. The van der Waals surface area contributed by atoms with Crippen molar-refractivity contribution in [3.8, 4) is 0 Å². The number of pyridine rings is 1. The molecule has 0 saturated heterocycles. The third-order valence-corrected chi connectivity index (χ3v) is 4.97. The van der Waals surface area contributed by atoms with Gasteiger partial charge < -0.3 is 16.0 Å². The Labute approximate surface area is 148 Å². The van der Waals surface area contributed by atoms with Gasteiger partial charge in [0.05, 0.1) is 0 Å². The van der Waals surface area contributed by atoms with E-state index in [9.17, 15) is 4.79 Å². The van der Waals surface area contributed by atoms with Crippen LogP contribution in [0.1, 0.15) is 35.2 Å². The van der Waals surface area contributed by atoms with Crippen molar-refractivity contribution in [3.05, 3.63) is 52.7 Å². The lowest BCUT2D eigenvalue weighted by atomic mass is 10.1. The fourth-order valence-electron chi connectivity index (χ4n) is 3.64. The Bertz CT molecular complexity index is 787. The van der Waals surface area contributed by atoms with E-state index in [1.54, 1.807) is 0 Å². The van der Waals surface area contributed by atoms with Gasteiger partial charge in [0.2, 0.25) is 0 Å². The first-order chi connectivity index (χ1) is 12.3. The van der Waals surface area contributed by atoms with E-state index >= 15 is 0 Å². The highest BCUT2D eigenvalue weighted by Crippen LogP contribution is 2.24. The summed E-state index contributed by atoms with van der Waals surface area (Å²) in [5.74, 6) is 1.01. The van der Waals surface area contributed by atoms with Crippen LogP contribution < -0.4 is 16.0 Å². The molecular weight excluding hydrogens is 312 g/mol. The molecule has 5 nitrogen and oxygen atoms in total. The number of anilines is 2. The van der Waals surface area contributed by atoms with Gasteiger partial charge in [-0.05, 0) is 67.0 Å².